The zero-order valence-electron chi connectivity index (χ0n) is 24.3. The van der Waals surface area contributed by atoms with Gasteiger partial charge in [0, 0.05) is 23.9 Å². The van der Waals surface area contributed by atoms with Gasteiger partial charge in [-0.1, -0.05) is 32.8 Å². The predicted molar refractivity (Wildman–Crippen MR) is 153 cm³/mol. The van der Waals surface area contributed by atoms with Crippen LogP contribution in [0.1, 0.15) is 73.8 Å². The Morgan fingerprint density at radius 1 is 1.15 bits per heavy atom. The molecule has 214 valence electrons. The fraction of sp³-hybridized carbons (Fsp3) is 0.500. The van der Waals surface area contributed by atoms with E-state index in [1.54, 1.807) is 26.7 Å². The van der Waals surface area contributed by atoms with Crippen LogP contribution in [0.15, 0.2) is 47.2 Å². The van der Waals surface area contributed by atoms with Gasteiger partial charge in [0.15, 0.2) is 11.5 Å². The van der Waals surface area contributed by atoms with Gasteiger partial charge in [-0.25, -0.2) is 0 Å². The van der Waals surface area contributed by atoms with Crippen LogP contribution in [0, 0.1) is 17.2 Å². The lowest BCUT2D eigenvalue weighted by Crippen LogP contribution is -2.32. The molecule has 3 aromatic rings. The van der Waals surface area contributed by atoms with Crippen molar-refractivity contribution in [3.8, 4) is 23.3 Å². The Balaban J connectivity index is 1.33. The maximum absolute atomic E-state index is 11.3. The molecule has 1 aliphatic heterocycles. The minimum Gasteiger partial charge on any atom is -0.506 e. The van der Waals surface area contributed by atoms with Crippen LogP contribution in [0.5, 0.6) is 17.2 Å². The number of rotatable bonds is 14. The fourth-order valence-corrected chi connectivity index (χ4v) is 5.54. The highest BCUT2D eigenvalue weighted by atomic mass is 16.5. The summed E-state index contributed by atoms with van der Waals surface area (Å²) in [6, 6.07) is 12.3. The van der Waals surface area contributed by atoms with E-state index >= 15 is 0 Å². The second-order valence-electron chi connectivity index (χ2n) is 10.9. The van der Waals surface area contributed by atoms with E-state index in [2.05, 4.69) is 29.1 Å². The minimum absolute atomic E-state index is 0.0127. The molecular weight excluding hydrogens is 506 g/mol. The number of furan rings is 1. The number of unbranched alkanes of at least 4 members (excludes halogenated alkanes) is 2. The van der Waals surface area contributed by atoms with Crippen molar-refractivity contribution in [1.82, 2.24) is 9.88 Å². The highest BCUT2D eigenvalue weighted by molar-refractivity contribution is 5.50. The normalized spacial score (nSPS) is 16.1. The molecule has 2 atom stereocenters. The van der Waals surface area contributed by atoms with Gasteiger partial charge in [0.1, 0.15) is 28.7 Å². The molecular formula is C32H41N3O5. The summed E-state index contributed by atoms with van der Waals surface area (Å²) in [6.45, 7) is 6.24. The number of aromatic nitrogens is 1. The molecule has 0 bridgehead atoms. The van der Waals surface area contributed by atoms with Crippen molar-refractivity contribution in [3.63, 3.8) is 0 Å². The molecule has 2 aromatic heterocycles. The van der Waals surface area contributed by atoms with Crippen molar-refractivity contribution >= 4 is 0 Å². The Morgan fingerprint density at radius 3 is 2.62 bits per heavy atom. The summed E-state index contributed by atoms with van der Waals surface area (Å²) in [7, 11) is 5.44. The Kier molecular flexibility index (Phi) is 9.72. The highest BCUT2D eigenvalue weighted by Crippen LogP contribution is 2.46. The van der Waals surface area contributed by atoms with Crippen LogP contribution in [0.2, 0.25) is 0 Å². The molecule has 0 saturated heterocycles. The Bertz CT molecular complexity index is 1300. The van der Waals surface area contributed by atoms with E-state index in [1.165, 1.54) is 5.56 Å². The van der Waals surface area contributed by atoms with Gasteiger partial charge in [0.05, 0.1) is 33.2 Å². The van der Waals surface area contributed by atoms with E-state index < -0.39 is 11.5 Å². The second kappa shape index (κ2) is 13.2. The van der Waals surface area contributed by atoms with Crippen molar-refractivity contribution in [3.05, 3.63) is 70.9 Å². The molecule has 0 saturated carbocycles. The van der Waals surface area contributed by atoms with Gasteiger partial charge >= 0.3 is 0 Å². The SMILES string of the molecule is COc1ccc(CCN(C)CCCCCC(C#N)(c2ncc3c(c2O)COC3c2ccco2)C(C)C)cc1OC. The molecule has 1 aliphatic rings. The number of likely N-dealkylation sites (N-methyl/N-ethyl adjacent to an activating group) is 1. The van der Waals surface area contributed by atoms with E-state index in [-0.39, 0.29) is 18.3 Å². The maximum atomic E-state index is 11.3. The van der Waals surface area contributed by atoms with E-state index in [0.29, 0.717) is 23.4 Å². The first-order valence-electron chi connectivity index (χ1n) is 14.0. The zero-order chi connectivity index (χ0) is 28.7. The topological polar surface area (TPSA) is 101 Å². The Morgan fingerprint density at radius 2 is 1.95 bits per heavy atom. The predicted octanol–water partition coefficient (Wildman–Crippen LogP) is 6.17. The van der Waals surface area contributed by atoms with Gasteiger partial charge in [-0.3, -0.25) is 4.98 Å². The van der Waals surface area contributed by atoms with Crippen molar-refractivity contribution in [2.75, 3.05) is 34.4 Å². The van der Waals surface area contributed by atoms with Crippen molar-refractivity contribution < 1.29 is 23.7 Å². The molecule has 4 rings (SSSR count). The highest BCUT2D eigenvalue weighted by Gasteiger charge is 2.42. The zero-order valence-corrected chi connectivity index (χ0v) is 24.3. The minimum atomic E-state index is -0.874. The molecule has 1 aromatic carbocycles. The van der Waals surface area contributed by atoms with Crippen LogP contribution < -0.4 is 9.47 Å². The third-order valence-corrected chi connectivity index (χ3v) is 8.12. The van der Waals surface area contributed by atoms with Crippen molar-refractivity contribution in [2.24, 2.45) is 5.92 Å². The molecule has 0 radical (unpaired) electrons. The summed E-state index contributed by atoms with van der Waals surface area (Å²) in [5.74, 6) is 2.24. The van der Waals surface area contributed by atoms with Crippen LogP contribution >= 0.6 is 0 Å². The largest absolute Gasteiger partial charge is 0.506 e. The Hall–Kier alpha value is -3.54. The number of methoxy groups -OCH3 is 2. The number of ether oxygens (including phenoxy) is 3. The summed E-state index contributed by atoms with van der Waals surface area (Å²) >= 11 is 0. The van der Waals surface area contributed by atoms with Gasteiger partial charge in [-0.15, -0.1) is 0 Å². The van der Waals surface area contributed by atoms with Crippen LogP contribution in [-0.2, 0) is 23.2 Å². The third kappa shape index (κ3) is 6.11. The van der Waals surface area contributed by atoms with Crippen LogP contribution in [0.4, 0.5) is 0 Å². The fourth-order valence-electron chi connectivity index (χ4n) is 5.54. The molecule has 8 nitrogen and oxygen atoms in total. The number of nitrogens with zero attached hydrogens (tertiary/aromatic N) is 3. The van der Waals surface area contributed by atoms with E-state index in [1.807, 2.05) is 38.1 Å². The molecule has 1 N–H and O–H groups in total. The number of hydrogen-bond donors (Lipinski definition) is 1. The lowest BCUT2D eigenvalue weighted by atomic mass is 9.71. The quantitative estimate of drug-likeness (QED) is 0.239. The van der Waals surface area contributed by atoms with Crippen LogP contribution in [0.25, 0.3) is 0 Å². The lowest BCUT2D eigenvalue weighted by molar-refractivity contribution is 0.0779. The van der Waals surface area contributed by atoms with Crippen molar-refractivity contribution in [1.29, 1.82) is 5.26 Å². The number of fused-ring (bicyclic) bond motifs is 1. The maximum Gasteiger partial charge on any atom is 0.160 e. The van der Waals surface area contributed by atoms with Gasteiger partial charge in [0.25, 0.3) is 0 Å². The molecule has 2 unspecified atom stereocenters. The van der Waals surface area contributed by atoms with E-state index in [0.717, 1.165) is 55.8 Å². The molecule has 3 heterocycles. The number of hydrogen-bond acceptors (Lipinski definition) is 8. The molecule has 8 heteroatoms. The van der Waals surface area contributed by atoms with Crippen LogP contribution in [0.3, 0.4) is 0 Å². The van der Waals surface area contributed by atoms with Gasteiger partial charge < -0.3 is 28.6 Å². The molecule has 0 spiro atoms. The number of aromatic hydroxyl groups is 1. The number of pyridine rings is 1. The average molecular weight is 548 g/mol. The van der Waals surface area contributed by atoms with Gasteiger partial charge in [0.2, 0.25) is 0 Å². The summed E-state index contributed by atoms with van der Waals surface area (Å²) < 4.78 is 22.2. The third-order valence-electron chi connectivity index (χ3n) is 8.12. The number of nitriles is 1. The number of benzene rings is 1. The molecule has 0 fully saturated rings. The average Bonchev–Trinajstić information content (AvgIpc) is 3.65. The molecule has 0 aliphatic carbocycles. The summed E-state index contributed by atoms with van der Waals surface area (Å²) in [5.41, 5.74) is 2.29. The molecule has 40 heavy (non-hydrogen) atoms. The van der Waals surface area contributed by atoms with E-state index in [4.69, 9.17) is 18.6 Å². The Labute approximate surface area is 237 Å². The van der Waals surface area contributed by atoms with Gasteiger partial charge in [-0.2, -0.15) is 5.26 Å². The summed E-state index contributed by atoms with van der Waals surface area (Å²) in [5, 5.41) is 21.7. The van der Waals surface area contributed by atoms with E-state index in [9.17, 15) is 10.4 Å². The first kappa shape index (κ1) is 29.4. The first-order valence-corrected chi connectivity index (χ1v) is 14.0. The molecule has 0 amide bonds. The second-order valence-corrected chi connectivity index (χ2v) is 10.9. The summed E-state index contributed by atoms with van der Waals surface area (Å²) in [4.78, 5) is 6.99. The standard InChI is InChI=1S/C32H41N3O5/c1-22(2)32(21-33,31-29(36)25-20-40-30(24(25)19-34-31)27-10-9-17-39-27)14-7-6-8-15-35(3)16-13-23-11-12-26(37-4)28(18-23)38-5/h9-12,17-19,22,30,36H,6-8,13-16,20H2,1-5H3. The van der Waals surface area contributed by atoms with Crippen molar-refractivity contribution in [2.45, 2.75) is 64.1 Å². The van der Waals surface area contributed by atoms with Crippen LogP contribution in [-0.4, -0.2) is 49.3 Å². The van der Waals surface area contributed by atoms with Gasteiger partial charge in [-0.05, 0) is 68.6 Å². The summed E-state index contributed by atoms with van der Waals surface area (Å²) in [6.07, 6.45) is 7.42. The lowest BCUT2D eigenvalue weighted by Gasteiger charge is -2.31. The smallest absolute Gasteiger partial charge is 0.160 e. The monoisotopic (exact) mass is 547 g/mol. The first-order chi connectivity index (χ1) is 19.3.